The minimum atomic E-state index is -3.76. The van der Waals surface area contributed by atoms with E-state index in [1.165, 1.54) is 30.5 Å². The van der Waals surface area contributed by atoms with E-state index < -0.39 is 9.84 Å². The number of nitrogens with one attached hydrogen (secondary N) is 1. The summed E-state index contributed by atoms with van der Waals surface area (Å²) in [5, 5.41) is 6.64. The van der Waals surface area contributed by atoms with E-state index in [4.69, 9.17) is 4.52 Å². The smallest absolute Gasteiger partial charge is 0.254 e. The van der Waals surface area contributed by atoms with Gasteiger partial charge in [-0.25, -0.2) is 18.4 Å². The van der Waals surface area contributed by atoms with Crippen molar-refractivity contribution in [2.75, 3.05) is 0 Å². The SMILES string of the molecule is Cc1nc(-c2cccc(S(=O)(=O)c3ccc(CNC(=O)c4cnc5nccn5c4)cc3)c2)no1. The van der Waals surface area contributed by atoms with Crippen molar-refractivity contribution in [2.24, 2.45) is 0 Å². The first-order chi connectivity index (χ1) is 16.4. The van der Waals surface area contributed by atoms with Crippen molar-refractivity contribution < 1.29 is 17.7 Å². The lowest BCUT2D eigenvalue weighted by molar-refractivity contribution is 0.0950. The van der Waals surface area contributed by atoms with Crippen molar-refractivity contribution in [2.45, 2.75) is 23.3 Å². The zero-order chi connectivity index (χ0) is 23.7. The molecule has 170 valence electrons. The first-order valence-corrected chi connectivity index (χ1v) is 11.7. The molecule has 0 saturated carbocycles. The second-order valence-electron chi connectivity index (χ2n) is 7.47. The Hall–Kier alpha value is -4.38. The number of sulfone groups is 1. The van der Waals surface area contributed by atoms with Gasteiger partial charge < -0.3 is 9.84 Å². The first-order valence-electron chi connectivity index (χ1n) is 10.2. The van der Waals surface area contributed by atoms with Crippen molar-refractivity contribution in [3.05, 3.63) is 90.3 Å². The number of hydrogen-bond acceptors (Lipinski definition) is 8. The van der Waals surface area contributed by atoms with Crippen LogP contribution in [0.25, 0.3) is 17.2 Å². The summed E-state index contributed by atoms with van der Waals surface area (Å²) in [7, 11) is -3.76. The summed E-state index contributed by atoms with van der Waals surface area (Å²) >= 11 is 0. The van der Waals surface area contributed by atoms with E-state index in [2.05, 4.69) is 25.4 Å². The Morgan fingerprint density at radius 1 is 1.09 bits per heavy atom. The minimum absolute atomic E-state index is 0.121. The Labute approximate surface area is 194 Å². The zero-order valence-electron chi connectivity index (χ0n) is 17.9. The molecule has 1 amide bonds. The summed E-state index contributed by atoms with van der Waals surface area (Å²) in [5.41, 5.74) is 1.68. The van der Waals surface area contributed by atoms with Gasteiger partial charge >= 0.3 is 0 Å². The number of aromatic nitrogens is 5. The van der Waals surface area contributed by atoms with Crippen LogP contribution in [-0.2, 0) is 16.4 Å². The lowest BCUT2D eigenvalue weighted by atomic mass is 10.2. The quantitative estimate of drug-likeness (QED) is 0.397. The molecule has 0 atom stereocenters. The minimum Gasteiger partial charge on any atom is -0.348 e. The molecular formula is C23H18N6O4S. The standard InChI is InChI=1S/C23H18N6O4S/c1-15-27-21(28-33-15)17-3-2-4-20(11-17)34(31,32)19-7-5-16(6-8-19)12-25-22(30)18-13-26-23-24-9-10-29(23)14-18/h2-11,13-14H,12H2,1H3,(H,25,30). The third kappa shape index (κ3) is 4.16. The highest BCUT2D eigenvalue weighted by atomic mass is 32.2. The van der Waals surface area contributed by atoms with Crippen molar-refractivity contribution in [3.8, 4) is 11.4 Å². The van der Waals surface area contributed by atoms with E-state index in [0.717, 1.165) is 5.56 Å². The molecule has 0 aliphatic carbocycles. The summed E-state index contributed by atoms with van der Waals surface area (Å²) < 4.78 is 32.9. The van der Waals surface area contributed by atoms with Gasteiger partial charge in [-0.05, 0) is 29.8 Å². The van der Waals surface area contributed by atoms with Crippen molar-refractivity contribution >= 4 is 21.5 Å². The molecule has 5 rings (SSSR count). The fraction of sp³-hybridized carbons (Fsp3) is 0.0870. The summed E-state index contributed by atoms with van der Waals surface area (Å²) in [6.45, 7) is 1.89. The number of nitrogens with zero attached hydrogens (tertiary/aromatic N) is 5. The van der Waals surface area contributed by atoms with E-state index in [0.29, 0.717) is 28.6 Å². The van der Waals surface area contributed by atoms with E-state index in [9.17, 15) is 13.2 Å². The molecule has 3 aromatic heterocycles. The van der Waals surface area contributed by atoms with Crippen LogP contribution in [-0.4, -0.2) is 38.8 Å². The third-order valence-corrected chi connectivity index (χ3v) is 6.89. The number of rotatable bonds is 6. The Bertz CT molecular complexity index is 1610. The van der Waals surface area contributed by atoms with Crippen LogP contribution in [0.4, 0.5) is 0 Å². The third-order valence-electron chi connectivity index (χ3n) is 5.12. The number of aryl methyl sites for hydroxylation is 1. The first kappa shape index (κ1) is 21.5. The topological polar surface area (TPSA) is 132 Å². The largest absolute Gasteiger partial charge is 0.348 e. The Kier molecular flexibility index (Phi) is 5.38. The van der Waals surface area contributed by atoms with Crippen molar-refractivity contribution in [3.63, 3.8) is 0 Å². The molecule has 0 fully saturated rings. The van der Waals surface area contributed by atoms with Crippen LogP contribution in [0.3, 0.4) is 0 Å². The Morgan fingerprint density at radius 2 is 1.91 bits per heavy atom. The number of imidazole rings is 1. The van der Waals surface area contributed by atoms with E-state index in [1.54, 1.807) is 54.2 Å². The highest BCUT2D eigenvalue weighted by Crippen LogP contribution is 2.25. The van der Waals surface area contributed by atoms with E-state index in [-0.39, 0.29) is 22.2 Å². The van der Waals surface area contributed by atoms with E-state index in [1.807, 2.05) is 0 Å². The molecule has 0 spiro atoms. The highest BCUT2D eigenvalue weighted by molar-refractivity contribution is 7.91. The number of hydrogen-bond donors (Lipinski definition) is 1. The van der Waals surface area contributed by atoms with Crippen LogP contribution in [0, 0.1) is 6.92 Å². The van der Waals surface area contributed by atoms with E-state index >= 15 is 0 Å². The molecule has 1 N–H and O–H groups in total. The number of carbonyl (C=O) groups excluding carboxylic acids is 1. The van der Waals surface area contributed by atoms with Crippen LogP contribution in [0.2, 0.25) is 0 Å². The fourth-order valence-corrected chi connectivity index (χ4v) is 4.67. The average Bonchev–Trinajstić information content (AvgIpc) is 3.51. The monoisotopic (exact) mass is 474 g/mol. The molecule has 3 heterocycles. The van der Waals surface area contributed by atoms with Gasteiger partial charge in [0.1, 0.15) is 0 Å². The summed E-state index contributed by atoms with van der Waals surface area (Å²) in [6.07, 6.45) is 6.40. The van der Waals surface area contributed by atoms with Crippen molar-refractivity contribution in [1.82, 2.24) is 29.8 Å². The molecule has 0 unspecified atom stereocenters. The summed E-state index contributed by atoms with van der Waals surface area (Å²) in [5.74, 6) is 0.923. The number of carbonyl (C=O) groups is 1. The number of amides is 1. The molecule has 5 aromatic rings. The number of benzene rings is 2. The normalized spacial score (nSPS) is 11.6. The van der Waals surface area contributed by atoms with Gasteiger partial charge in [-0.1, -0.05) is 29.4 Å². The predicted molar refractivity (Wildman–Crippen MR) is 121 cm³/mol. The molecule has 11 heteroatoms. The zero-order valence-corrected chi connectivity index (χ0v) is 18.7. The second kappa shape index (κ2) is 8.52. The van der Waals surface area contributed by atoms with Gasteiger partial charge in [0.2, 0.25) is 27.3 Å². The number of fused-ring (bicyclic) bond motifs is 1. The molecule has 0 bridgehead atoms. The van der Waals surface area contributed by atoms with Crippen LogP contribution in [0.5, 0.6) is 0 Å². The van der Waals surface area contributed by atoms with Gasteiger partial charge in [0.15, 0.2) is 0 Å². The predicted octanol–water partition coefficient (Wildman–Crippen LogP) is 2.85. The molecule has 10 nitrogen and oxygen atoms in total. The highest BCUT2D eigenvalue weighted by Gasteiger charge is 2.19. The van der Waals surface area contributed by atoms with Gasteiger partial charge in [-0.2, -0.15) is 4.98 Å². The molecule has 0 aliphatic heterocycles. The molecule has 34 heavy (non-hydrogen) atoms. The maximum absolute atomic E-state index is 13.1. The average molecular weight is 475 g/mol. The molecular weight excluding hydrogens is 456 g/mol. The van der Waals surface area contributed by atoms with Crippen LogP contribution in [0.1, 0.15) is 21.8 Å². The summed E-state index contributed by atoms with van der Waals surface area (Å²) in [6, 6.07) is 12.7. The molecule has 0 saturated heterocycles. The lowest BCUT2D eigenvalue weighted by Crippen LogP contribution is -2.23. The maximum Gasteiger partial charge on any atom is 0.254 e. The van der Waals surface area contributed by atoms with Gasteiger partial charge in [-0.3, -0.25) is 9.20 Å². The fourth-order valence-electron chi connectivity index (χ4n) is 3.36. The second-order valence-corrected chi connectivity index (χ2v) is 9.42. The Balaban J connectivity index is 1.30. The van der Waals surface area contributed by atoms with Crippen LogP contribution < -0.4 is 5.32 Å². The van der Waals surface area contributed by atoms with Crippen LogP contribution >= 0.6 is 0 Å². The maximum atomic E-state index is 13.1. The van der Waals surface area contributed by atoms with Gasteiger partial charge in [0, 0.05) is 43.8 Å². The van der Waals surface area contributed by atoms with Gasteiger partial charge in [-0.15, -0.1) is 0 Å². The van der Waals surface area contributed by atoms with Crippen LogP contribution in [0.15, 0.2) is 87.6 Å². The van der Waals surface area contributed by atoms with Gasteiger partial charge in [0.05, 0.1) is 15.4 Å². The molecule has 2 aromatic carbocycles. The molecule has 0 aliphatic rings. The Morgan fingerprint density at radius 3 is 2.68 bits per heavy atom. The van der Waals surface area contributed by atoms with Gasteiger partial charge in [0.25, 0.3) is 5.91 Å². The summed E-state index contributed by atoms with van der Waals surface area (Å²) in [4.78, 5) is 25.0. The lowest BCUT2D eigenvalue weighted by Gasteiger charge is -2.08. The van der Waals surface area contributed by atoms with Crippen molar-refractivity contribution in [1.29, 1.82) is 0 Å². The molecule has 0 radical (unpaired) electrons.